The van der Waals surface area contributed by atoms with Crippen molar-refractivity contribution in [1.29, 1.82) is 0 Å². The molecular weight excluding hydrogens is 312 g/mol. The van der Waals surface area contributed by atoms with E-state index >= 15 is 0 Å². The Hall–Kier alpha value is -1.43. The van der Waals surface area contributed by atoms with Gasteiger partial charge in [0.1, 0.15) is 5.82 Å². The summed E-state index contributed by atoms with van der Waals surface area (Å²) in [5.74, 6) is 0.742. The smallest absolute Gasteiger partial charge is 0.258 e. The van der Waals surface area contributed by atoms with E-state index < -0.39 is 0 Å². The molecule has 2 fully saturated rings. The summed E-state index contributed by atoms with van der Waals surface area (Å²) >= 11 is 5.95. The molecule has 1 atom stereocenters. The molecule has 0 bridgehead atoms. The first-order chi connectivity index (χ1) is 11.2. The Morgan fingerprint density at radius 3 is 2.91 bits per heavy atom. The third kappa shape index (κ3) is 3.13. The number of hydrogen-bond donors (Lipinski definition) is 1. The van der Waals surface area contributed by atoms with Crippen LogP contribution in [0.4, 0.5) is 0 Å². The molecule has 2 aliphatic heterocycles. The van der Waals surface area contributed by atoms with Crippen LogP contribution in [0.2, 0.25) is 5.02 Å². The fraction of sp³-hybridized carbons (Fsp3) is 0.529. The zero-order valence-electron chi connectivity index (χ0n) is 13.1. The maximum absolute atomic E-state index is 12.2. The molecule has 4 rings (SSSR count). The lowest BCUT2D eigenvalue weighted by atomic mass is 10.2. The minimum absolute atomic E-state index is 0.109. The van der Waals surface area contributed by atoms with Crippen LogP contribution in [0.15, 0.2) is 23.0 Å². The maximum Gasteiger partial charge on any atom is 0.258 e. The first-order valence-electron chi connectivity index (χ1n) is 8.34. The summed E-state index contributed by atoms with van der Waals surface area (Å²) < 4.78 is 0. The van der Waals surface area contributed by atoms with Crippen LogP contribution < -0.4 is 5.56 Å². The monoisotopic (exact) mass is 332 g/mol. The van der Waals surface area contributed by atoms with Crippen LogP contribution in [0.25, 0.3) is 10.9 Å². The van der Waals surface area contributed by atoms with Gasteiger partial charge in [-0.25, -0.2) is 4.98 Å². The van der Waals surface area contributed by atoms with E-state index in [4.69, 9.17) is 11.6 Å². The minimum atomic E-state index is -0.109. The predicted molar refractivity (Wildman–Crippen MR) is 91.9 cm³/mol. The molecule has 0 spiro atoms. The summed E-state index contributed by atoms with van der Waals surface area (Å²) in [6.45, 7) is 5.33. The molecule has 122 valence electrons. The number of rotatable bonds is 3. The average molecular weight is 333 g/mol. The van der Waals surface area contributed by atoms with E-state index in [-0.39, 0.29) is 5.56 Å². The van der Waals surface area contributed by atoms with Crippen LogP contribution in [0.1, 0.15) is 25.1 Å². The highest BCUT2D eigenvalue weighted by Gasteiger charge is 2.29. The summed E-state index contributed by atoms with van der Waals surface area (Å²) in [5, 5.41) is 1.11. The Bertz CT molecular complexity index is 769. The molecule has 0 aliphatic carbocycles. The number of likely N-dealkylation sites (tertiary alicyclic amines) is 2. The summed E-state index contributed by atoms with van der Waals surface area (Å²) in [4.78, 5) is 24.7. The fourth-order valence-corrected chi connectivity index (χ4v) is 3.98. The Kier molecular flexibility index (Phi) is 4.09. The second-order valence-corrected chi connectivity index (χ2v) is 7.03. The topological polar surface area (TPSA) is 52.2 Å². The summed E-state index contributed by atoms with van der Waals surface area (Å²) in [7, 11) is 0. The van der Waals surface area contributed by atoms with Crippen LogP contribution in [0.5, 0.6) is 0 Å². The van der Waals surface area contributed by atoms with Crippen LogP contribution in [-0.2, 0) is 6.54 Å². The van der Waals surface area contributed by atoms with Crippen LogP contribution >= 0.6 is 11.6 Å². The molecule has 5 nitrogen and oxygen atoms in total. The van der Waals surface area contributed by atoms with Gasteiger partial charge in [0.2, 0.25) is 0 Å². The van der Waals surface area contributed by atoms with E-state index in [0.29, 0.717) is 28.5 Å². The van der Waals surface area contributed by atoms with Gasteiger partial charge in [-0.15, -0.1) is 0 Å². The van der Waals surface area contributed by atoms with Gasteiger partial charge in [0.25, 0.3) is 5.56 Å². The van der Waals surface area contributed by atoms with Gasteiger partial charge in [0, 0.05) is 24.2 Å². The zero-order valence-corrected chi connectivity index (χ0v) is 13.9. The molecule has 0 amide bonds. The van der Waals surface area contributed by atoms with Crippen LogP contribution in [0.3, 0.4) is 0 Å². The van der Waals surface area contributed by atoms with E-state index in [2.05, 4.69) is 19.8 Å². The number of benzene rings is 1. The number of H-pyrrole nitrogens is 1. The minimum Gasteiger partial charge on any atom is -0.309 e. The quantitative estimate of drug-likeness (QED) is 0.936. The molecule has 2 saturated heterocycles. The molecular formula is C17H21ClN4O. The number of nitrogens with zero attached hydrogens (tertiary/aromatic N) is 3. The Morgan fingerprint density at radius 2 is 2.09 bits per heavy atom. The van der Waals surface area contributed by atoms with Crippen molar-refractivity contribution in [2.24, 2.45) is 0 Å². The predicted octanol–water partition coefficient (Wildman–Crippen LogP) is 2.25. The normalized spacial score (nSPS) is 23.1. The number of aromatic nitrogens is 2. The lowest BCUT2D eigenvalue weighted by Crippen LogP contribution is -2.35. The van der Waals surface area contributed by atoms with Crippen molar-refractivity contribution in [2.75, 3.05) is 26.2 Å². The van der Waals surface area contributed by atoms with Gasteiger partial charge in [0.15, 0.2) is 0 Å². The third-order valence-electron chi connectivity index (χ3n) is 4.99. The molecule has 0 radical (unpaired) electrons. The Balaban J connectivity index is 1.50. The fourth-order valence-electron chi connectivity index (χ4n) is 3.81. The van der Waals surface area contributed by atoms with Crippen molar-refractivity contribution in [3.05, 3.63) is 39.4 Å². The van der Waals surface area contributed by atoms with Gasteiger partial charge in [-0.2, -0.15) is 0 Å². The highest BCUT2D eigenvalue weighted by molar-refractivity contribution is 6.31. The van der Waals surface area contributed by atoms with Crippen molar-refractivity contribution >= 4 is 22.5 Å². The number of halogens is 1. The molecule has 23 heavy (non-hydrogen) atoms. The second-order valence-electron chi connectivity index (χ2n) is 6.59. The largest absolute Gasteiger partial charge is 0.309 e. The standard InChI is InChI=1S/C17H21ClN4O/c18-12-3-4-15-14(9-12)17(23)20-16(19-15)11-21-8-5-13(10-21)22-6-1-2-7-22/h3-4,9,13H,1-2,5-8,10-11H2,(H,19,20,23). The number of fused-ring (bicyclic) bond motifs is 1. The number of hydrogen-bond acceptors (Lipinski definition) is 4. The van der Waals surface area contributed by atoms with Crippen LogP contribution in [0, 0.1) is 0 Å². The molecule has 1 aromatic heterocycles. The zero-order chi connectivity index (χ0) is 15.8. The summed E-state index contributed by atoms with van der Waals surface area (Å²) in [5.41, 5.74) is 0.603. The first-order valence-corrected chi connectivity index (χ1v) is 8.72. The van der Waals surface area contributed by atoms with E-state index in [1.807, 2.05) is 6.07 Å². The van der Waals surface area contributed by atoms with E-state index in [1.54, 1.807) is 12.1 Å². The molecule has 1 aromatic carbocycles. The number of aromatic amines is 1. The second kappa shape index (κ2) is 6.23. The lowest BCUT2D eigenvalue weighted by molar-refractivity contribution is 0.228. The first kappa shape index (κ1) is 15.1. The highest BCUT2D eigenvalue weighted by Crippen LogP contribution is 2.21. The van der Waals surface area contributed by atoms with Gasteiger partial charge < -0.3 is 4.98 Å². The van der Waals surface area contributed by atoms with E-state index in [1.165, 1.54) is 32.4 Å². The van der Waals surface area contributed by atoms with E-state index in [0.717, 1.165) is 18.9 Å². The number of nitrogens with one attached hydrogen (secondary N) is 1. The van der Waals surface area contributed by atoms with Crippen LogP contribution in [-0.4, -0.2) is 52.0 Å². The molecule has 1 unspecified atom stereocenters. The van der Waals surface area contributed by atoms with Crippen molar-refractivity contribution in [1.82, 2.24) is 19.8 Å². The summed E-state index contributed by atoms with van der Waals surface area (Å²) in [6.07, 6.45) is 3.88. The molecule has 1 N–H and O–H groups in total. The average Bonchev–Trinajstić information content (AvgIpc) is 3.19. The highest BCUT2D eigenvalue weighted by atomic mass is 35.5. The molecule has 2 aromatic rings. The molecule has 0 saturated carbocycles. The van der Waals surface area contributed by atoms with Gasteiger partial charge in [0.05, 0.1) is 17.4 Å². The van der Waals surface area contributed by atoms with Gasteiger partial charge in [-0.3, -0.25) is 14.6 Å². The van der Waals surface area contributed by atoms with Crippen molar-refractivity contribution in [2.45, 2.75) is 31.8 Å². The lowest BCUT2D eigenvalue weighted by Gasteiger charge is -2.23. The van der Waals surface area contributed by atoms with Gasteiger partial charge >= 0.3 is 0 Å². The van der Waals surface area contributed by atoms with Gasteiger partial charge in [-0.05, 0) is 50.6 Å². The molecule has 3 heterocycles. The summed E-state index contributed by atoms with van der Waals surface area (Å²) in [6, 6.07) is 5.93. The Morgan fingerprint density at radius 1 is 1.26 bits per heavy atom. The van der Waals surface area contributed by atoms with Gasteiger partial charge in [-0.1, -0.05) is 11.6 Å². The van der Waals surface area contributed by atoms with Crippen molar-refractivity contribution in [3.8, 4) is 0 Å². The van der Waals surface area contributed by atoms with E-state index in [9.17, 15) is 4.79 Å². The third-order valence-corrected chi connectivity index (χ3v) is 5.23. The van der Waals surface area contributed by atoms with Crippen molar-refractivity contribution in [3.63, 3.8) is 0 Å². The Labute approximate surface area is 140 Å². The SMILES string of the molecule is O=c1[nH]c(CN2CCC(N3CCCC3)C2)nc2ccc(Cl)cc12. The molecule has 2 aliphatic rings. The van der Waals surface area contributed by atoms with Crippen molar-refractivity contribution < 1.29 is 0 Å². The maximum atomic E-state index is 12.2. The molecule has 6 heteroatoms.